The van der Waals surface area contributed by atoms with E-state index in [1.165, 1.54) is 6.92 Å². The summed E-state index contributed by atoms with van der Waals surface area (Å²) in [6.07, 6.45) is 1.73. The third-order valence-electron chi connectivity index (χ3n) is 3.30. The Kier molecular flexibility index (Phi) is 4.39. The predicted molar refractivity (Wildman–Crippen MR) is 95.6 cm³/mol. The van der Waals surface area contributed by atoms with Crippen LogP contribution in [-0.2, 0) is 4.79 Å². The SMILES string of the molecule is CC(=O)Oc1c(C=NN(C)c2ccccc2)sc2ccccc12. The number of hydrazone groups is 1. The van der Waals surface area contributed by atoms with Gasteiger partial charge in [-0.3, -0.25) is 9.80 Å². The number of benzene rings is 2. The van der Waals surface area contributed by atoms with Gasteiger partial charge in [-0.2, -0.15) is 5.10 Å². The van der Waals surface area contributed by atoms with Gasteiger partial charge in [-0.25, -0.2) is 0 Å². The molecule has 0 aliphatic carbocycles. The molecule has 0 fully saturated rings. The lowest BCUT2D eigenvalue weighted by Crippen LogP contribution is -2.08. The molecule has 0 amide bonds. The second kappa shape index (κ2) is 6.62. The topological polar surface area (TPSA) is 41.9 Å². The van der Waals surface area contributed by atoms with Gasteiger partial charge < -0.3 is 4.74 Å². The average molecular weight is 324 g/mol. The molecule has 0 unspecified atom stereocenters. The van der Waals surface area contributed by atoms with E-state index in [4.69, 9.17) is 4.74 Å². The van der Waals surface area contributed by atoms with E-state index in [1.807, 2.05) is 61.6 Å². The summed E-state index contributed by atoms with van der Waals surface area (Å²) >= 11 is 1.55. The first kappa shape index (κ1) is 15.2. The zero-order valence-electron chi connectivity index (χ0n) is 12.9. The zero-order valence-corrected chi connectivity index (χ0v) is 13.7. The Morgan fingerprint density at radius 3 is 2.57 bits per heavy atom. The van der Waals surface area contributed by atoms with Crippen LogP contribution < -0.4 is 9.75 Å². The van der Waals surface area contributed by atoms with Gasteiger partial charge in [-0.1, -0.05) is 30.3 Å². The van der Waals surface area contributed by atoms with Gasteiger partial charge in [0.05, 0.1) is 16.8 Å². The number of anilines is 1. The smallest absolute Gasteiger partial charge is 0.308 e. The summed E-state index contributed by atoms with van der Waals surface area (Å²) in [7, 11) is 1.88. The third kappa shape index (κ3) is 3.40. The molecule has 4 nitrogen and oxygen atoms in total. The highest BCUT2D eigenvalue weighted by Crippen LogP contribution is 2.36. The summed E-state index contributed by atoms with van der Waals surface area (Å²) in [5, 5.41) is 7.16. The van der Waals surface area contributed by atoms with Crippen molar-refractivity contribution in [2.45, 2.75) is 6.92 Å². The van der Waals surface area contributed by atoms with E-state index in [0.29, 0.717) is 5.75 Å². The number of carbonyl (C=O) groups is 1. The van der Waals surface area contributed by atoms with Gasteiger partial charge in [0.25, 0.3) is 0 Å². The summed E-state index contributed by atoms with van der Waals surface area (Å²) in [5.74, 6) is 0.239. The maximum atomic E-state index is 11.4. The number of para-hydroxylation sites is 1. The van der Waals surface area contributed by atoms with Gasteiger partial charge in [0.2, 0.25) is 0 Å². The van der Waals surface area contributed by atoms with E-state index in [9.17, 15) is 4.79 Å². The van der Waals surface area contributed by atoms with Crippen LogP contribution >= 0.6 is 11.3 Å². The summed E-state index contributed by atoms with van der Waals surface area (Å²) in [6.45, 7) is 1.41. The van der Waals surface area contributed by atoms with E-state index >= 15 is 0 Å². The Morgan fingerprint density at radius 2 is 1.83 bits per heavy atom. The molecule has 3 rings (SSSR count). The molecule has 116 valence electrons. The van der Waals surface area contributed by atoms with Crippen LogP contribution in [-0.4, -0.2) is 19.2 Å². The van der Waals surface area contributed by atoms with E-state index < -0.39 is 0 Å². The molecule has 0 atom stereocenters. The lowest BCUT2D eigenvalue weighted by atomic mass is 10.2. The first-order valence-electron chi connectivity index (χ1n) is 7.18. The average Bonchev–Trinajstić information content (AvgIpc) is 2.91. The fourth-order valence-corrected chi connectivity index (χ4v) is 3.22. The largest absolute Gasteiger partial charge is 0.424 e. The van der Waals surface area contributed by atoms with Crippen LogP contribution in [0.25, 0.3) is 10.1 Å². The van der Waals surface area contributed by atoms with Crippen molar-refractivity contribution in [3.63, 3.8) is 0 Å². The van der Waals surface area contributed by atoms with Gasteiger partial charge in [0, 0.05) is 24.1 Å². The molecule has 0 aliphatic heterocycles. The van der Waals surface area contributed by atoms with Gasteiger partial charge in [0.15, 0.2) is 5.75 Å². The molecule has 0 saturated carbocycles. The Labute approximate surface area is 138 Å². The van der Waals surface area contributed by atoms with E-state index in [0.717, 1.165) is 20.7 Å². The molecular formula is C18H16N2O2S. The number of rotatable bonds is 4. The molecule has 0 saturated heterocycles. The lowest BCUT2D eigenvalue weighted by molar-refractivity contribution is -0.131. The number of hydrogen-bond acceptors (Lipinski definition) is 5. The molecule has 0 spiro atoms. The molecule has 0 aliphatic rings. The Hall–Kier alpha value is -2.66. The normalized spacial score (nSPS) is 11.0. The van der Waals surface area contributed by atoms with Crippen LogP contribution in [0, 0.1) is 0 Å². The van der Waals surface area contributed by atoms with Gasteiger partial charge in [-0.05, 0) is 24.3 Å². The molecule has 1 aromatic heterocycles. The Bertz CT molecular complexity index is 856. The van der Waals surface area contributed by atoms with Crippen LogP contribution in [0.2, 0.25) is 0 Å². The molecule has 0 radical (unpaired) electrons. The van der Waals surface area contributed by atoms with Crippen molar-refractivity contribution in [2.24, 2.45) is 5.10 Å². The maximum absolute atomic E-state index is 11.4. The summed E-state index contributed by atoms with van der Waals surface area (Å²) in [5.41, 5.74) is 0.985. The second-order valence-electron chi connectivity index (χ2n) is 4.99. The lowest BCUT2D eigenvalue weighted by Gasteiger charge is -2.12. The highest BCUT2D eigenvalue weighted by atomic mass is 32.1. The third-order valence-corrected chi connectivity index (χ3v) is 4.39. The van der Waals surface area contributed by atoms with Crippen LogP contribution in [0.4, 0.5) is 5.69 Å². The fourth-order valence-electron chi connectivity index (χ4n) is 2.22. The summed E-state index contributed by atoms with van der Waals surface area (Å²) in [6, 6.07) is 17.7. The fraction of sp³-hybridized carbons (Fsp3) is 0.111. The molecule has 0 N–H and O–H groups in total. The number of ether oxygens (including phenoxy) is 1. The summed E-state index contributed by atoms with van der Waals surface area (Å²) in [4.78, 5) is 12.2. The maximum Gasteiger partial charge on any atom is 0.308 e. The quantitative estimate of drug-likeness (QED) is 0.408. The van der Waals surface area contributed by atoms with Crippen molar-refractivity contribution < 1.29 is 9.53 Å². The molecule has 5 heteroatoms. The van der Waals surface area contributed by atoms with Gasteiger partial charge >= 0.3 is 5.97 Å². The van der Waals surface area contributed by atoms with Crippen molar-refractivity contribution in [1.29, 1.82) is 0 Å². The number of esters is 1. The predicted octanol–water partition coefficient (Wildman–Crippen LogP) is 4.30. The molecule has 2 aromatic carbocycles. The second-order valence-corrected chi connectivity index (χ2v) is 6.07. The standard InChI is InChI=1S/C18H16N2O2S/c1-13(21)22-18-15-10-6-7-11-16(15)23-17(18)12-19-20(2)14-8-4-3-5-9-14/h3-12H,1-2H3. The minimum atomic E-state index is -0.334. The van der Waals surface area contributed by atoms with Crippen molar-refractivity contribution >= 4 is 39.3 Å². The van der Waals surface area contributed by atoms with Crippen molar-refractivity contribution in [2.75, 3.05) is 12.1 Å². The number of thiophene rings is 1. The van der Waals surface area contributed by atoms with Gasteiger partial charge in [-0.15, -0.1) is 11.3 Å². The van der Waals surface area contributed by atoms with Crippen molar-refractivity contribution in [3.8, 4) is 5.75 Å². The van der Waals surface area contributed by atoms with Crippen molar-refractivity contribution in [3.05, 3.63) is 59.5 Å². The number of fused-ring (bicyclic) bond motifs is 1. The van der Waals surface area contributed by atoms with Gasteiger partial charge in [0.1, 0.15) is 0 Å². The number of carbonyl (C=O) groups excluding carboxylic acids is 1. The van der Waals surface area contributed by atoms with Crippen LogP contribution in [0.1, 0.15) is 11.8 Å². The monoisotopic (exact) mass is 324 g/mol. The Balaban J connectivity index is 1.95. The molecular weight excluding hydrogens is 308 g/mol. The van der Waals surface area contributed by atoms with E-state index in [1.54, 1.807) is 22.6 Å². The number of hydrogen-bond donors (Lipinski definition) is 0. The minimum absolute atomic E-state index is 0.334. The molecule has 3 aromatic rings. The van der Waals surface area contributed by atoms with Crippen molar-refractivity contribution in [1.82, 2.24) is 0 Å². The van der Waals surface area contributed by atoms with Crippen LogP contribution in [0.15, 0.2) is 59.7 Å². The number of nitrogens with zero attached hydrogens (tertiary/aromatic N) is 2. The summed E-state index contributed by atoms with van der Waals surface area (Å²) < 4.78 is 6.46. The van der Waals surface area contributed by atoms with Crippen LogP contribution in [0.3, 0.4) is 0 Å². The highest BCUT2D eigenvalue weighted by molar-refractivity contribution is 7.21. The van der Waals surface area contributed by atoms with Crippen LogP contribution in [0.5, 0.6) is 5.75 Å². The van der Waals surface area contributed by atoms with E-state index in [-0.39, 0.29) is 5.97 Å². The highest BCUT2D eigenvalue weighted by Gasteiger charge is 2.14. The first-order chi connectivity index (χ1) is 11.1. The van der Waals surface area contributed by atoms with E-state index in [2.05, 4.69) is 5.10 Å². The molecule has 0 bridgehead atoms. The first-order valence-corrected chi connectivity index (χ1v) is 7.99. The Morgan fingerprint density at radius 1 is 1.13 bits per heavy atom. The minimum Gasteiger partial charge on any atom is -0.424 e. The molecule has 23 heavy (non-hydrogen) atoms. The zero-order chi connectivity index (χ0) is 16.2. The molecule has 1 heterocycles.